The van der Waals surface area contributed by atoms with E-state index in [1.165, 1.54) is 24.0 Å². The first-order chi connectivity index (χ1) is 12.0. The molecule has 0 spiro atoms. The van der Waals surface area contributed by atoms with Crippen molar-refractivity contribution in [1.29, 1.82) is 0 Å². The Morgan fingerprint density at radius 3 is 2.56 bits per heavy atom. The minimum absolute atomic E-state index is 0.0605. The van der Waals surface area contributed by atoms with E-state index in [4.69, 9.17) is 11.6 Å². The summed E-state index contributed by atoms with van der Waals surface area (Å²) >= 11 is 5.95. The van der Waals surface area contributed by atoms with Crippen LogP contribution in [-0.4, -0.2) is 8.42 Å². The Kier molecular flexibility index (Phi) is 5.82. The Bertz CT molecular complexity index is 849. The van der Waals surface area contributed by atoms with Crippen molar-refractivity contribution in [3.63, 3.8) is 0 Å². The maximum Gasteiger partial charge on any atom is 0.216 e. The number of hydrogen-bond donors (Lipinski definition) is 1. The average Bonchev–Trinajstić information content (AvgIpc) is 2.59. The summed E-state index contributed by atoms with van der Waals surface area (Å²) in [5.41, 5.74) is 4.53. The van der Waals surface area contributed by atoms with Crippen molar-refractivity contribution in [1.82, 2.24) is 4.72 Å². The van der Waals surface area contributed by atoms with Crippen LogP contribution in [0.15, 0.2) is 42.5 Å². The van der Waals surface area contributed by atoms with Crippen LogP contribution in [0.25, 0.3) is 0 Å². The summed E-state index contributed by atoms with van der Waals surface area (Å²) in [5, 5.41) is 0.550. The Morgan fingerprint density at radius 2 is 1.84 bits per heavy atom. The number of hydrogen-bond acceptors (Lipinski definition) is 2. The van der Waals surface area contributed by atoms with Gasteiger partial charge in [0.1, 0.15) is 0 Å². The molecule has 25 heavy (non-hydrogen) atoms. The summed E-state index contributed by atoms with van der Waals surface area (Å²) in [6.45, 7) is 2.01. The second kappa shape index (κ2) is 7.90. The highest BCUT2D eigenvalue weighted by molar-refractivity contribution is 7.88. The van der Waals surface area contributed by atoms with E-state index < -0.39 is 10.0 Å². The van der Waals surface area contributed by atoms with Crippen molar-refractivity contribution >= 4 is 21.6 Å². The highest BCUT2D eigenvalue weighted by Crippen LogP contribution is 2.26. The second-order valence-electron chi connectivity index (χ2n) is 6.70. The second-order valence-corrected chi connectivity index (χ2v) is 8.89. The van der Waals surface area contributed by atoms with Crippen LogP contribution in [0.1, 0.15) is 54.5 Å². The summed E-state index contributed by atoms with van der Waals surface area (Å²) in [6, 6.07) is 13.2. The number of fused-ring (bicyclic) bond motifs is 1. The van der Waals surface area contributed by atoms with E-state index in [-0.39, 0.29) is 11.8 Å². The van der Waals surface area contributed by atoms with Gasteiger partial charge in [0.05, 0.1) is 5.75 Å². The molecule has 1 aliphatic rings. The van der Waals surface area contributed by atoms with Gasteiger partial charge in [-0.05, 0) is 66.5 Å². The molecule has 0 unspecified atom stereocenters. The first-order valence-electron chi connectivity index (χ1n) is 8.83. The fourth-order valence-electron chi connectivity index (χ4n) is 3.46. The van der Waals surface area contributed by atoms with Crippen molar-refractivity contribution in [2.24, 2.45) is 0 Å². The van der Waals surface area contributed by atoms with Gasteiger partial charge in [-0.15, -0.1) is 0 Å². The molecule has 134 valence electrons. The van der Waals surface area contributed by atoms with Crippen LogP contribution in [0, 0.1) is 0 Å². The molecular formula is C20H24ClNO2S. The van der Waals surface area contributed by atoms with Gasteiger partial charge in [0, 0.05) is 11.1 Å². The predicted molar refractivity (Wildman–Crippen MR) is 103 cm³/mol. The fraction of sp³-hybridized carbons (Fsp3) is 0.400. The largest absolute Gasteiger partial charge is 0.216 e. The van der Waals surface area contributed by atoms with Gasteiger partial charge in [-0.3, -0.25) is 0 Å². The summed E-state index contributed by atoms with van der Waals surface area (Å²) in [5.74, 6) is -0.0605. The van der Waals surface area contributed by atoms with Crippen molar-refractivity contribution in [2.75, 3.05) is 0 Å². The highest BCUT2D eigenvalue weighted by atomic mass is 35.5. The Balaban J connectivity index is 1.77. The number of sulfonamides is 1. The standard InChI is InChI=1S/C20H24ClNO2S/c1-2-20(18-11-10-16-7-3-4-8-17(16)13-18)22-25(23,24)14-15-6-5-9-19(21)12-15/h5-6,9-13,20,22H,2-4,7-8,14H2,1H3/t20-/m0/s1. The smallest absolute Gasteiger partial charge is 0.212 e. The fourth-order valence-corrected chi connectivity index (χ4v) is 5.11. The molecule has 0 amide bonds. The molecule has 2 aromatic carbocycles. The maximum absolute atomic E-state index is 12.6. The summed E-state index contributed by atoms with van der Waals surface area (Å²) in [4.78, 5) is 0. The lowest BCUT2D eigenvalue weighted by atomic mass is 9.89. The Hall–Kier alpha value is -1.36. The van der Waals surface area contributed by atoms with Crippen molar-refractivity contribution in [2.45, 2.75) is 50.8 Å². The molecule has 1 atom stereocenters. The van der Waals surface area contributed by atoms with E-state index in [1.54, 1.807) is 24.3 Å². The van der Waals surface area contributed by atoms with E-state index in [9.17, 15) is 8.42 Å². The minimum atomic E-state index is -3.44. The topological polar surface area (TPSA) is 46.2 Å². The third kappa shape index (κ3) is 4.84. The van der Waals surface area contributed by atoms with Crippen LogP contribution >= 0.6 is 11.6 Å². The first kappa shape index (κ1) is 18.4. The van der Waals surface area contributed by atoms with Gasteiger partial charge < -0.3 is 0 Å². The highest BCUT2D eigenvalue weighted by Gasteiger charge is 2.20. The Labute approximate surface area is 155 Å². The first-order valence-corrected chi connectivity index (χ1v) is 10.9. The van der Waals surface area contributed by atoms with Gasteiger partial charge in [0.25, 0.3) is 0 Å². The molecule has 0 fully saturated rings. The molecule has 0 saturated carbocycles. The van der Waals surface area contributed by atoms with Crippen LogP contribution in [0.3, 0.4) is 0 Å². The van der Waals surface area contributed by atoms with Crippen LogP contribution in [0.4, 0.5) is 0 Å². The molecular weight excluding hydrogens is 354 g/mol. The van der Waals surface area contributed by atoms with E-state index in [2.05, 4.69) is 22.9 Å². The van der Waals surface area contributed by atoms with Gasteiger partial charge in [-0.2, -0.15) is 0 Å². The molecule has 2 aromatic rings. The van der Waals surface area contributed by atoms with Gasteiger partial charge in [-0.25, -0.2) is 13.1 Å². The summed E-state index contributed by atoms with van der Waals surface area (Å²) < 4.78 is 28.0. The molecule has 0 bridgehead atoms. The zero-order chi connectivity index (χ0) is 17.9. The molecule has 0 radical (unpaired) electrons. The van der Waals surface area contributed by atoms with Gasteiger partial charge in [0.2, 0.25) is 10.0 Å². The SMILES string of the molecule is CC[C@H](NS(=O)(=O)Cc1cccc(Cl)c1)c1ccc2c(c1)CCCC2. The number of nitrogens with one attached hydrogen (secondary N) is 1. The minimum Gasteiger partial charge on any atom is -0.212 e. The number of rotatable bonds is 6. The molecule has 1 aliphatic carbocycles. The zero-order valence-corrected chi connectivity index (χ0v) is 16.0. The maximum atomic E-state index is 12.6. The average molecular weight is 378 g/mol. The third-order valence-electron chi connectivity index (χ3n) is 4.75. The van der Waals surface area contributed by atoms with Gasteiger partial charge in [0.15, 0.2) is 0 Å². The van der Waals surface area contributed by atoms with Crippen LogP contribution in [-0.2, 0) is 28.6 Å². The van der Waals surface area contributed by atoms with Gasteiger partial charge >= 0.3 is 0 Å². The number of halogens is 1. The molecule has 5 heteroatoms. The predicted octanol–water partition coefficient (Wildman–Crippen LogP) is 4.79. The number of benzene rings is 2. The zero-order valence-electron chi connectivity index (χ0n) is 14.5. The van der Waals surface area contributed by atoms with Crippen molar-refractivity contribution in [3.8, 4) is 0 Å². The van der Waals surface area contributed by atoms with E-state index in [1.807, 2.05) is 6.92 Å². The van der Waals surface area contributed by atoms with E-state index >= 15 is 0 Å². The molecule has 0 aliphatic heterocycles. The normalized spacial score (nSPS) is 15.6. The lowest BCUT2D eigenvalue weighted by molar-refractivity contribution is 0.548. The molecule has 0 heterocycles. The molecule has 3 rings (SSSR count). The molecule has 0 aromatic heterocycles. The van der Waals surface area contributed by atoms with E-state index in [0.717, 1.165) is 18.4 Å². The summed E-state index contributed by atoms with van der Waals surface area (Å²) in [7, 11) is -3.44. The van der Waals surface area contributed by atoms with Crippen LogP contribution in [0.2, 0.25) is 5.02 Å². The monoisotopic (exact) mass is 377 g/mol. The Morgan fingerprint density at radius 1 is 1.08 bits per heavy atom. The van der Waals surface area contributed by atoms with E-state index in [0.29, 0.717) is 17.0 Å². The van der Waals surface area contributed by atoms with Crippen LogP contribution < -0.4 is 4.72 Å². The lowest BCUT2D eigenvalue weighted by Gasteiger charge is -2.21. The van der Waals surface area contributed by atoms with Crippen molar-refractivity contribution in [3.05, 3.63) is 69.7 Å². The summed E-state index contributed by atoms with van der Waals surface area (Å²) in [6.07, 6.45) is 5.40. The van der Waals surface area contributed by atoms with Crippen LogP contribution in [0.5, 0.6) is 0 Å². The molecule has 3 nitrogen and oxygen atoms in total. The third-order valence-corrected chi connectivity index (χ3v) is 6.34. The van der Waals surface area contributed by atoms with Gasteiger partial charge in [-0.1, -0.05) is 48.9 Å². The lowest BCUT2D eigenvalue weighted by Crippen LogP contribution is -2.29. The number of aryl methyl sites for hydroxylation is 2. The molecule has 0 saturated heterocycles. The molecule has 1 N–H and O–H groups in total. The quantitative estimate of drug-likeness (QED) is 0.786. The van der Waals surface area contributed by atoms with Crippen molar-refractivity contribution < 1.29 is 8.42 Å².